The monoisotopic (exact) mass is 269 g/mol. The Morgan fingerprint density at radius 1 is 1.18 bits per heavy atom. The second-order valence-corrected chi connectivity index (χ2v) is 5.73. The molecule has 0 amide bonds. The molecule has 7 heteroatoms. The lowest BCUT2D eigenvalue weighted by Gasteiger charge is -2.28. The highest BCUT2D eigenvalue weighted by molar-refractivity contribution is 6.46. The molecule has 3 nitrogen and oxygen atoms in total. The van der Waals surface area contributed by atoms with Gasteiger partial charge in [-0.15, -0.1) is 0 Å². The smallest absolute Gasteiger partial charge is 0.329 e. The van der Waals surface area contributed by atoms with E-state index in [0.29, 0.717) is 0 Å². The first kappa shape index (κ1) is 16.4. The minimum absolute atomic E-state index is 0.265. The Balaban J connectivity index is 4.91. The summed E-state index contributed by atoms with van der Waals surface area (Å²) in [6.07, 6.45) is -5.49. The van der Waals surface area contributed by atoms with E-state index in [0.717, 1.165) is 0 Å². The van der Waals surface area contributed by atoms with Gasteiger partial charge in [0.2, 0.25) is 0 Å². The van der Waals surface area contributed by atoms with Gasteiger partial charge in [0.05, 0.1) is 17.5 Å². The standard InChI is InChI=1S/C10H18F3NO2Si/c1-4-15-17(16-5-2)9(7(3)6-14)8(11)10(12)13/h7-10,17H,4-5H2,1-3H3. The van der Waals surface area contributed by atoms with Crippen LogP contribution < -0.4 is 0 Å². The molecule has 0 aromatic carbocycles. The van der Waals surface area contributed by atoms with E-state index < -0.39 is 33.3 Å². The molecule has 0 heterocycles. The van der Waals surface area contributed by atoms with Crippen LogP contribution >= 0.6 is 0 Å². The van der Waals surface area contributed by atoms with Gasteiger partial charge >= 0.3 is 9.28 Å². The summed E-state index contributed by atoms with van der Waals surface area (Å²) in [4.78, 5) is 0. The first-order chi connectivity index (χ1) is 7.99. The quantitative estimate of drug-likeness (QED) is 0.635. The number of halogens is 3. The molecule has 0 rings (SSSR count). The van der Waals surface area contributed by atoms with Crippen molar-refractivity contribution in [3.8, 4) is 6.07 Å². The summed E-state index contributed by atoms with van der Waals surface area (Å²) in [5.74, 6) is -0.853. The highest BCUT2D eigenvalue weighted by Gasteiger charge is 2.42. The van der Waals surface area contributed by atoms with Crippen LogP contribution in [0.3, 0.4) is 0 Å². The molecule has 0 fully saturated rings. The van der Waals surface area contributed by atoms with Crippen molar-refractivity contribution in [3.05, 3.63) is 0 Å². The van der Waals surface area contributed by atoms with Gasteiger partial charge in [0.1, 0.15) is 0 Å². The van der Waals surface area contributed by atoms with E-state index in [4.69, 9.17) is 14.1 Å². The minimum Gasteiger partial charge on any atom is -0.397 e. The second kappa shape index (κ2) is 8.50. The van der Waals surface area contributed by atoms with Gasteiger partial charge in [-0.1, -0.05) is 0 Å². The van der Waals surface area contributed by atoms with Crippen LogP contribution in [0.4, 0.5) is 13.2 Å². The molecule has 17 heavy (non-hydrogen) atoms. The Morgan fingerprint density at radius 2 is 1.65 bits per heavy atom. The van der Waals surface area contributed by atoms with Crippen molar-refractivity contribution in [2.24, 2.45) is 5.92 Å². The molecule has 100 valence electrons. The molecular weight excluding hydrogens is 251 g/mol. The predicted octanol–water partition coefficient (Wildman–Crippen LogP) is 2.41. The van der Waals surface area contributed by atoms with Crippen LogP contribution in [0, 0.1) is 17.2 Å². The molecule has 0 aromatic rings. The normalized spacial score (nSPS) is 16.9. The summed E-state index contributed by atoms with van der Waals surface area (Å²) in [5.41, 5.74) is -1.15. The predicted molar refractivity (Wildman–Crippen MR) is 59.8 cm³/mol. The van der Waals surface area contributed by atoms with Crippen molar-refractivity contribution in [2.75, 3.05) is 13.2 Å². The number of hydrogen-bond acceptors (Lipinski definition) is 3. The fourth-order valence-corrected chi connectivity index (χ4v) is 3.74. The summed E-state index contributed by atoms with van der Waals surface area (Å²) in [6.45, 7) is 5.31. The Kier molecular flexibility index (Phi) is 8.21. The zero-order chi connectivity index (χ0) is 13.4. The van der Waals surface area contributed by atoms with Gasteiger partial charge < -0.3 is 8.85 Å². The van der Waals surface area contributed by atoms with Crippen LogP contribution in [-0.4, -0.2) is 35.1 Å². The van der Waals surface area contributed by atoms with Crippen LogP contribution in [0.1, 0.15) is 20.8 Å². The number of nitrogens with zero attached hydrogens (tertiary/aromatic N) is 1. The Bertz CT molecular complexity index is 244. The maximum absolute atomic E-state index is 13.5. The number of alkyl halides is 3. The first-order valence-electron chi connectivity index (χ1n) is 5.54. The largest absolute Gasteiger partial charge is 0.397 e. The zero-order valence-electron chi connectivity index (χ0n) is 10.2. The van der Waals surface area contributed by atoms with Gasteiger partial charge in [-0.05, 0) is 20.8 Å². The van der Waals surface area contributed by atoms with E-state index in [1.54, 1.807) is 19.9 Å². The van der Waals surface area contributed by atoms with Crippen molar-refractivity contribution < 1.29 is 22.0 Å². The second-order valence-electron chi connectivity index (χ2n) is 3.55. The topological polar surface area (TPSA) is 42.2 Å². The van der Waals surface area contributed by atoms with E-state index >= 15 is 0 Å². The fourth-order valence-electron chi connectivity index (χ4n) is 1.51. The molecule has 0 aliphatic rings. The Labute approximate surface area is 101 Å². The lowest BCUT2D eigenvalue weighted by molar-refractivity contribution is 0.0305. The SMILES string of the molecule is CCO[SiH](OCC)C(C(C)C#N)C(F)C(F)F. The molecule has 3 unspecified atom stereocenters. The average molecular weight is 269 g/mol. The van der Waals surface area contributed by atoms with Crippen LogP contribution in [0.15, 0.2) is 0 Å². The van der Waals surface area contributed by atoms with E-state index in [-0.39, 0.29) is 13.2 Å². The molecule has 0 aliphatic carbocycles. The van der Waals surface area contributed by atoms with E-state index in [1.807, 2.05) is 0 Å². The molecule has 3 atom stereocenters. The van der Waals surface area contributed by atoms with Gasteiger partial charge in [-0.2, -0.15) is 5.26 Å². The van der Waals surface area contributed by atoms with Crippen molar-refractivity contribution in [1.29, 1.82) is 5.26 Å². The van der Waals surface area contributed by atoms with Crippen LogP contribution in [0.5, 0.6) is 0 Å². The van der Waals surface area contributed by atoms with E-state index in [2.05, 4.69) is 0 Å². The van der Waals surface area contributed by atoms with Gasteiger partial charge in [-0.25, -0.2) is 13.2 Å². The third-order valence-corrected chi connectivity index (χ3v) is 5.26. The summed E-state index contributed by atoms with van der Waals surface area (Å²) >= 11 is 0. The molecule has 0 aliphatic heterocycles. The Hall–Kier alpha value is -0.583. The first-order valence-corrected chi connectivity index (χ1v) is 7.15. The van der Waals surface area contributed by atoms with Gasteiger partial charge in [0, 0.05) is 13.2 Å². The van der Waals surface area contributed by atoms with Gasteiger partial charge in [0.15, 0.2) is 6.17 Å². The summed E-state index contributed by atoms with van der Waals surface area (Å²) in [6, 6.07) is 1.80. The van der Waals surface area contributed by atoms with Crippen molar-refractivity contribution in [3.63, 3.8) is 0 Å². The fraction of sp³-hybridized carbons (Fsp3) is 0.900. The number of hydrogen-bond donors (Lipinski definition) is 0. The lowest BCUT2D eigenvalue weighted by atomic mass is 10.1. The third-order valence-electron chi connectivity index (χ3n) is 2.37. The molecule has 0 saturated carbocycles. The van der Waals surface area contributed by atoms with E-state index in [1.165, 1.54) is 6.92 Å². The molecule has 0 aromatic heterocycles. The van der Waals surface area contributed by atoms with Gasteiger partial charge in [0.25, 0.3) is 6.43 Å². The minimum atomic E-state index is -3.12. The Morgan fingerprint density at radius 3 is 1.94 bits per heavy atom. The highest BCUT2D eigenvalue weighted by Crippen LogP contribution is 2.32. The molecule has 0 bridgehead atoms. The molecule has 0 N–H and O–H groups in total. The van der Waals surface area contributed by atoms with Crippen molar-refractivity contribution in [1.82, 2.24) is 0 Å². The van der Waals surface area contributed by atoms with E-state index in [9.17, 15) is 13.2 Å². The average Bonchev–Trinajstić information content (AvgIpc) is 2.29. The lowest BCUT2D eigenvalue weighted by Crippen LogP contribution is -2.40. The molecule has 0 spiro atoms. The maximum atomic E-state index is 13.5. The molecule has 0 saturated heterocycles. The van der Waals surface area contributed by atoms with Crippen molar-refractivity contribution >= 4 is 9.28 Å². The van der Waals surface area contributed by atoms with Crippen molar-refractivity contribution in [2.45, 2.75) is 38.9 Å². The zero-order valence-corrected chi connectivity index (χ0v) is 11.4. The van der Waals surface area contributed by atoms with Crippen LogP contribution in [0.25, 0.3) is 0 Å². The summed E-state index contributed by atoms with van der Waals surface area (Å²) in [7, 11) is -2.62. The highest BCUT2D eigenvalue weighted by atomic mass is 28.3. The molecule has 0 radical (unpaired) electrons. The number of nitriles is 1. The number of rotatable bonds is 8. The maximum Gasteiger partial charge on any atom is 0.329 e. The summed E-state index contributed by atoms with van der Waals surface area (Å²) < 4.78 is 48.8. The van der Waals surface area contributed by atoms with Crippen LogP contribution in [-0.2, 0) is 8.85 Å². The van der Waals surface area contributed by atoms with Gasteiger partial charge in [-0.3, -0.25) is 0 Å². The molecular formula is C10H18F3NO2Si. The van der Waals surface area contributed by atoms with Crippen LogP contribution in [0.2, 0.25) is 5.54 Å². The third kappa shape index (κ3) is 5.06. The summed E-state index contributed by atoms with van der Waals surface area (Å²) in [5, 5.41) is 8.77.